The number of fused-ring (bicyclic) bond motifs is 5. The van der Waals surface area contributed by atoms with Crippen molar-refractivity contribution < 1.29 is 9.84 Å². The summed E-state index contributed by atoms with van der Waals surface area (Å²) in [7, 11) is 0. The molecule has 2 aliphatic heterocycles. The molecule has 2 heteroatoms. The summed E-state index contributed by atoms with van der Waals surface area (Å²) < 4.78 is 6.40. The molecule has 0 unspecified atom stereocenters. The first-order valence-corrected chi connectivity index (χ1v) is 7.25. The van der Waals surface area contributed by atoms with E-state index in [0.717, 1.165) is 12.8 Å². The summed E-state index contributed by atoms with van der Waals surface area (Å²) in [6.07, 6.45) is 4.88. The van der Waals surface area contributed by atoms with Crippen molar-refractivity contribution in [2.75, 3.05) is 0 Å². The van der Waals surface area contributed by atoms with Crippen LogP contribution in [0.1, 0.15) is 53.4 Å². The molecule has 17 heavy (non-hydrogen) atoms. The monoisotopic (exact) mass is 238 g/mol. The van der Waals surface area contributed by atoms with E-state index in [9.17, 15) is 5.11 Å². The minimum Gasteiger partial charge on any atom is -0.390 e. The van der Waals surface area contributed by atoms with Gasteiger partial charge in [0.2, 0.25) is 0 Å². The van der Waals surface area contributed by atoms with Crippen molar-refractivity contribution in [2.24, 2.45) is 23.7 Å². The van der Waals surface area contributed by atoms with Gasteiger partial charge >= 0.3 is 0 Å². The smallest absolute Gasteiger partial charge is 0.0691 e. The van der Waals surface area contributed by atoms with Crippen LogP contribution in [0.25, 0.3) is 0 Å². The van der Waals surface area contributed by atoms with Gasteiger partial charge in [0.25, 0.3) is 0 Å². The highest BCUT2D eigenvalue weighted by Gasteiger charge is 2.64. The van der Waals surface area contributed by atoms with E-state index in [-0.39, 0.29) is 5.60 Å². The molecule has 98 valence electrons. The maximum Gasteiger partial charge on any atom is 0.0691 e. The second-order valence-corrected chi connectivity index (χ2v) is 7.37. The summed E-state index contributed by atoms with van der Waals surface area (Å²) >= 11 is 0. The quantitative estimate of drug-likeness (QED) is 0.761. The standard InChI is InChI=1S/C15H26O2/c1-9(2)10-5-8-15(4)11-6-7-14(3,16)12(11)13(10)17-15/h9-13,16H,5-8H2,1-4H3/t10-,11+,12+,13-,14-,15+/m0/s1. The topological polar surface area (TPSA) is 29.5 Å². The number of aliphatic hydroxyl groups is 1. The lowest BCUT2D eigenvalue weighted by molar-refractivity contribution is -0.134. The van der Waals surface area contributed by atoms with E-state index in [2.05, 4.69) is 20.8 Å². The van der Waals surface area contributed by atoms with Crippen molar-refractivity contribution in [1.29, 1.82) is 0 Å². The summed E-state index contributed by atoms with van der Waals surface area (Å²) in [6, 6.07) is 0. The Balaban J connectivity index is 1.96. The van der Waals surface area contributed by atoms with Gasteiger partial charge in [0.1, 0.15) is 0 Å². The van der Waals surface area contributed by atoms with Crippen molar-refractivity contribution in [1.82, 2.24) is 0 Å². The average molecular weight is 238 g/mol. The molecular formula is C15H26O2. The Morgan fingerprint density at radius 2 is 1.88 bits per heavy atom. The third-order valence-corrected chi connectivity index (χ3v) is 5.91. The molecule has 0 spiro atoms. The Labute approximate surface area is 105 Å². The van der Waals surface area contributed by atoms with E-state index >= 15 is 0 Å². The van der Waals surface area contributed by atoms with Crippen molar-refractivity contribution in [2.45, 2.75) is 70.7 Å². The van der Waals surface area contributed by atoms with Crippen LogP contribution in [-0.2, 0) is 4.74 Å². The minimum absolute atomic E-state index is 0.0568. The molecule has 1 aliphatic carbocycles. The number of hydrogen-bond acceptors (Lipinski definition) is 2. The van der Waals surface area contributed by atoms with E-state index in [4.69, 9.17) is 4.74 Å². The molecule has 2 bridgehead atoms. The second kappa shape index (κ2) is 3.48. The van der Waals surface area contributed by atoms with E-state index < -0.39 is 5.60 Å². The van der Waals surface area contributed by atoms with Crippen LogP contribution in [-0.4, -0.2) is 22.4 Å². The normalized spacial score (nSPS) is 57.5. The first-order valence-electron chi connectivity index (χ1n) is 7.25. The molecule has 1 N–H and O–H groups in total. The highest BCUT2D eigenvalue weighted by Crippen LogP contribution is 2.61. The summed E-state index contributed by atoms with van der Waals surface area (Å²) in [6.45, 7) is 8.91. The molecule has 0 radical (unpaired) electrons. The number of hydrogen-bond donors (Lipinski definition) is 1. The molecule has 3 rings (SSSR count). The largest absolute Gasteiger partial charge is 0.390 e. The Morgan fingerprint density at radius 3 is 2.53 bits per heavy atom. The number of ether oxygens (including phenoxy) is 1. The average Bonchev–Trinajstić information content (AvgIpc) is 2.64. The third-order valence-electron chi connectivity index (χ3n) is 5.91. The van der Waals surface area contributed by atoms with Crippen LogP contribution in [0.3, 0.4) is 0 Å². The summed E-state index contributed by atoms with van der Waals surface area (Å²) in [5, 5.41) is 10.6. The van der Waals surface area contributed by atoms with Gasteiger partial charge in [-0.05, 0) is 57.3 Å². The lowest BCUT2D eigenvalue weighted by atomic mass is 9.76. The molecule has 2 heterocycles. The Hall–Kier alpha value is -0.0800. The van der Waals surface area contributed by atoms with E-state index in [1.807, 2.05) is 6.92 Å². The van der Waals surface area contributed by atoms with E-state index in [1.165, 1.54) is 12.8 Å². The van der Waals surface area contributed by atoms with Gasteiger partial charge in [0.15, 0.2) is 0 Å². The van der Waals surface area contributed by atoms with Gasteiger partial charge in [-0.2, -0.15) is 0 Å². The SMILES string of the molecule is CC(C)[C@@H]1CC[C@@]2(C)O[C@@H]1[C@H]1[C@H]2CC[C@]1(C)O. The van der Waals surface area contributed by atoms with Crippen molar-refractivity contribution >= 4 is 0 Å². The van der Waals surface area contributed by atoms with Crippen LogP contribution in [0.2, 0.25) is 0 Å². The van der Waals surface area contributed by atoms with Gasteiger partial charge in [0.05, 0.1) is 17.3 Å². The molecule has 3 fully saturated rings. The second-order valence-electron chi connectivity index (χ2n) is 7.37. The van der Waals surface area contributed by atoms with Crippen molar-refractivity contribution in [3.63, 3.8) is 0 Å². The maximum absolute atomic E-state index is 10.6. The van der Waals surface area contributed by atoms with Crippen LogP contribution >= 0.6 is 0 Å². The first-order chi connectivity index (χ1) is 7.85. The zero-order valence-corrected chi connectivity index (χ0v) is 11.6. The van der Waals surface area contributed by atoms with E-state index in [0.29, 0.717) is 29.8 Å². The maximum atomic E-state index is 10.6. The fourth-order valence-electron chi connectivity index (χ4n) is 4.90. The zero-order valence-electron chi connectivity index (χ0n) is 11.6. The summed E-state index contributed by atoms with van der Waals surface area (Å²) in [5.74, 6) is 2.27. The predicted octanol–water partition coefficient (Wildman–Crippen LogP) is 2.99. The lowest BCUT2D eigenvalue weighted by Crippen LogP contribution is -2.43. The van der Waals surface area contributed by atoms with Gasteiger partial charge in [-0.25, -0.2) is 0 Å². The van der Waals surface area contributed by atoms with Crippen molar-refractivity contribution in [3.8, 4) is 0 Å². The Bertz CT molecular complexity index is 323. The molecular weight excluding hydrogens is 212 g/mol. The molecule has 0 aromatic rings. The molecule has 6 atom stereocenters. The predicted molar refractivity (Wildman–Crippen MR) is 67.7 cm³/mol. The molecule has 1 saturated carbocycles. The van der Waals surface area contributed by atoms with Crippen LogP contribution in [0.5, 0.6) is 0 Å². The highest BCUT2D eigenvalue weighted by atomic mass is 16.5. The van der Waals surface area contributed by atoms with Gasteiger partial charge in [-0.1, -0.05) is 13.8 Å². The van der Waals surface area contributed by atoms with Gasteiger partial charge in [-0.15, -0.1) is 0 Å². The van der Waals surface area contributed by atoms with Crippen LogP contribution in [0, 0.1) is 23.7 Å². The fraction of sp³-hybridized carbons (Fsp3) is 1.00. The minimum atomic E-state index is -0.495. The lowest BCUT2D eigenvalue weighted by Gasteiger charge is -2.40. The Morgan fingerprint density at radius 1 is 1.18 bits per heavy atom. The van der Waals surface area contributed by atoms with Gasteiger partial charge in [0, 0.05) is 5.92 Å². The Kier molecular flexibility index (Phi) is 2.45. The first kappa shape index (κ1) is 12.0. The molecule has 2 saturated heterocycles. The summed E-state index contributed by atoms with van der Waals surface area (Å²) in [5.41, 5.74) is -0.439. The molecule has 0 aromatic heterocycles. The number of rotatable bonds is 1. The molecule has 3 aliphatic rings. The zero-order chi connectivity index (χ0) is 12.4. The third kappa shape index (κ3) is 1.53. The summed E-state index contributed by atoms with van der Waals surface area (Å²) in [4.78, 5) is 0. The van der Waals surface area contributed by atoms with E-state index in [1.54, 1.807) is 0 Å². The van der Waals surface area contributed by atoms with Crippen LogP contribution < -0.4 is 0 Å². The van der Waals surface area contributed by atoms with Crippen molar-refractivity contribution in [3.05, 3.63) is 0 Å². The fourth-order valence-corrected chi connectivity index (χ4v) is 4.90. The molecule has 2 nitrogen and oxygen atoms in total. The highest BCUT2D eigenvalue weighted by molar-refractivity contribution is 5.13. The van der Waals surface area contributed by atoms with Gasteiger partial charge in [-0.3, -0.25) is 0 Å². The van der Waals surface area contributed by atoms with Crippen LogP contribution in [0.4, 0.5) is 0 Å². The van der Waals surface area contributed by atoms with Gasteiger partial charge < -0.3 is 9.84 Å². The molecule has 0 amide bonds. The molecule has 0 aromatic carbocycles. The van der Waals surface area contributed by atoms with Crippen LogP contribution in [0.15, 0.2) is 0 Å².